The molecule has 0 spiro atoms. The van der Waals surface area contributed by atoms with Gasteiger partial charge in [-0.3, -0.25) is 4.79 Å². The molecule has 0 unspecified atom stereocenters. The van der Waals surface area contributed by atoms with Gasteiger partial charge in [-0.05, 0) is 54.6 Å². The normalized spacial score (nSPS) is 10.5. The van der Waals surface area contributed by atoms with Crippen molar-refractivity contribution in [1.82, 2.24) is 10.2 Å². The number of halogens is 1. The number of carbonyl (C=O) groups excluding carboxylic acids is 1. The van der Waals surface area contributed by atoms with Crippen LogP contribution in [-0.2, 0) is 4.79 Å². The Balaban J connectivity index is 1.41. The Morgan fingerprint density at radius 1 is 0.897 bits per heavy atom. The molecule has 4 rings (SSSR count). The quantitative estimate of drug-likeness (QED) is 0.484. The summed E-state index contributed by atoms with van der Waals surface area (Å²) in [5.41, 5.74) is 2.15. The molecule has 0 radical (unpaired) electrons. The number of aromatic nitrogens is 2. The molecule has 0 fully saturated rings. The number of amides is 1. The lowest BCUT2D eigenvalue weighted by Crippen LogP contribution is -2.20. The molecule has 0 aliphatic carbocycles. The van der Waals surface area contributed by atoms with E-state index in [0.717, 1.165) is 5.56 Å². The molecule has 0 saturated carbocycles. The molecule has 1 heterocycles. The van der Waals surface area contributed by atoms with Crippen LogP contribution in [-0.4, -0.2) is 22.7 Å². The zero-order valence-electron chi connectivity index (χ0n) is 15.2. The van der Waals surface area contributed by atoms with Crippen molar-refractivity contribution >= 4 is 23.2 Å². The molecule has 0 aliphatic heterocycles. The minimum absolute atomic E-state index is 0.120. The average molecular weight is 406 g/mol. The van der Waals surface area contributed by atoms with Crippen LogP contribution in [0.3, 0.4) is 0 Å². The Morgan fingerprint density at radius 3 is 2.34 bits per heavy atom. The second-order valence-electron chi connectivity index (χ2n) is 6.15. The highest BCUT2D eigenvalue weighted by Crippen LogP contribution is 2.25. The summed E-state index contributed by atoms with van der Waals surface area (Å²) < 4.78 is 11.2. The standard InChI is InChI=1S/C22H16ClN3O3/c23-17-9-11-19(12-10-17)28-14-20(27)24-18-8-4-7-16(13-18)22-26-25-21(29-22)15-5-2-1-3-6-15/h1-13H,14H2,(H,24,27). The van der Waals surface area contributed by atoms with Crippen LogP contribution >= 0.6 is 11.6 Å². The number of nitrogens with one attached hydrogen (secondary N) is 1. The van der Waals surface area contributed by atoms with Crippen LogP contribution < -0.4 is 10.1 Å². The fourth-order valence-electron chi connectivity index (χ4n) is 2.64. The van der Waals surface area contributed by atoms with Crippen LogP contribution in [0.2, 0.25) is 5.02 Å². The molecule has 3 aromatic carbocycles. The van der Waals surface area contributed by atoms with E-state index in [1.54, 1.807) is 42.5 Å². The van der Waals surface area contributed by atoms with E-state index < -0.39 is 0 Å². The first-order chi connectivity index (χ1) is 14.2. The number of hydrogen-bond donors (Lipinski definition) is 1. The van der Waals surface area contributed by atoms with Crippen molar-refractivity contribution in [2.45, 2.75) is 0 Å². The van der Waals surface area contributed by atoms with Gasteiger partial charge in [0.25, 0.3) is 5.91 Å². The van der Waals surface area contributed by atoms with Crippen molar-refractivity contribution in [2.75, 3.05) is 11.9 Å². The SMILES string of the molecule is O=C(COc1ccc(Cl)cc1)Nc1cccc(-c2nnc(-c3ccccc3)o2)c1. The Labute approximate surface area is 172 Å². The molecule has 7 heteroatoms. The first kappa shape index (κ1) is 18.7. The molecule has 0 atom stereocenters. The van der Waals surface area contributed by atoms with E-state index in [4.69, 9.17) is 20.8 Å². The van der Waals surface area contributed by atoms with Gasteiger partial charge in [-0.15, -0.1) is 10.2 Å². The summed E-state index contributed by atoms with van der Waals surface area (Å²) in [6.45, 7) is -0.120. The number of benzene rings is 3. The number of rotatable bonds is 6. The summed E-state index contributed by atoms with van der Waals surface area (Å²) in [4.78, 5) is 12.2. The lowest BCUT2D eigenvalue weighted by molar-refractivity contribution is -0.118. The highest BCUT2D eigenvalue weighted by atomic mass is 35.5. The maximum atomic E-state index is 12.2. The van der Waals surface area contributed by atoms with Gasteiger partial charge in [0.2, 0.25) is 11.8 Å². The van der Waals surface area contributed by atoms with Gasteiger partial charge in [-0.25, -0.2) is 0 Å². The van der Waals surface area contributed by atoms with Gasteiger partial charge in [-0.2, -0.15) is 0 Å². The number of ether oxygens (including phenoxy) is 1. The Hall–Kier alpha value is -3.64. The lowest BCUT2D eigenvalue weighted by Gasteiger charge is -2.08. The number of nitrogens with zero attached hydrogens (tertiary/aromatic N) is 2. The molecule has 1 amide bonds. The van der Waals surface area contributed by atoms with E-state index in [2.05, 4.69) is 15.5 Å². The van der Waals surface area contributed by atoms with E-state index in [9.17, 15) is 4.79 Å². The van der Waals surface area contributed by atoms with Gasteiger partial charge in [0.05, 0.1) is 0 Å². The number of carbonyl (C=O) groups is 1. The van der Waals surface area contributed by atoms with Gasteiger partial charge in [0.15, 0.2) is 6.61 Å². The molecule has 0 bridgehead atoms. The average Bonchev–Trinajstić information content (AvgIpc) is 3.25. The predicted octanol–water partition coefficient (Wildman–Crippen LogP) is 5.07. The lowest BCUT2D eigenvalue weighted by atomic mass is 10.2. The Morgan fingerprint density at radius 2 is 1.59 bits per heavy atom. The van der Waals surface area contributed by atoms with E-state index in [1.165, 1.54) is 0 Å². The summed E-state index contributed by atoms with van der Waals surface area (Å²) in [7, 11) is 0. The highest BCUT2D eigenvalue weighted by Gasteiger charge is 2.11. The minimum Gasteiger partial charge on any atom is -0.484 e. The van der Waals surface area contributed by atoms with Crippen molar-refractivity contribution in [3.05, 3.63) is 83.9 Å². The Bertz CT molecular complexity index is 1110. The van der Waals surface area contributed by atoms with Gasteiger partial charge in [-0.1, -0.05) is 35.9 Å². The van der Waals surface area contributed by atoms with Crippen LogP contribution in [0, 0.1) is 0 Å². The first-order valence-corrected chi connectivity index (χ1v) is 9.23. The maximum absolute atomic E-state index is 12.2. The van der Waals surface area contributed by atoms with E-state index in [0.29, 0.717) is 33.8 Å². The fourth-order valence-corrected chi connectivity index (χ4v) is 2.77. The summed E-state index contributed by atoms with van der Waals surface area (Å²) >= 11 is 5.83. The molecular weight excluding hydrogens is 390 g/mol. The zero-order chi connectivity index (χ0) is 20.1. The second kappa shape index (κ2) is 8.58. The third-order valence-corrected chi connectivity index (χ3v) is 4.27. The summed E-state index contributed by atoms with van der Waals surface area (Å²) in [5, 5.41) is 11.6. The third kappa shape index (κ3) is 4.80. The molecule has 0 saturated heterocycles. The molecule has 4 aromatic rings. The van der Waals surface area contributed by atoms with E-state index >= 15 is 0 Å². The van der Waals surface area contributed by atoms with Crippen LogP contribution in [0.5, 0.6) is 5.75 Å². The maximum Gasteiger partial charge on any atom is 0.262 e. The molecule has 29 heavy (non-hydrogen) atoms. The largest absolute Gasteiger partial charge is 0.484 e. The second-order valence-corrected chi connectivity index (χ2v) is 6.59. The van der Waals surface area contributed by atoms with Gasteiger partial charge in [0, 0.05) is 21.8 Å². The van der Waals surface area contributed by atoms with Gasteiger partial charge in [0.1, 0.15) is 5.75 Å². The smallest absolute Gasteiger partial charge is 0.262 e. The number of anilines is 1. The van der Waals surface area contributed by atoms with E-state index in [1.807, 2.05) is 36.4 Å². The van der Waals surface area contributed by atoms with Crippen molar-refractivity contribution in [3.63, 3.8) is 0 Å². The van der Waals surface area contributed by atoms with E-state index in [-0.39, 0.29) is 12.5 Å². The summed E-state index contributed by atoms with van der Waals surface area (Å²) in [6.07, 6.45) is 0. The topological polar surface area (TPSA) is 77.2 Å². The van der Waals surface area contributed by atoms with Crippen molar-refractivity contribution < 1.29 is 13.9 Å². The highest BCUT2D eigenvalue weighted by molar-refractivity contribution is 6.30. The van der Waals surface area contributed by atoms with Crippen molar-refractivity contribution in [1.29, 1.82) is 0 Å². The van der Waals surface area contributed by atoms with Crippen molar-refractivity contribution in [2.24, 2.45) is 0 Å². The molecule has 1 N–H and O–H groups in total. The first-order valence-electron chi connectivity index (χ1n) is 8.85. The molecule has 0 aliphatic rings. The third-order valence-electron chi connectivity index (χ3n) is 4.02. The van der Waals surface area contributed by atoms with Crippen LogP contribution in [0.25, 0.3) is 22.9 Å². The predicted molar refractivity (Wildman–Crippen MR) is 111 cm³/mol. The molecule has 6 nitrogen and oxygen atoms in total. The van der Waals surface area contributed by atoms with Gasteiger partial charge < -0.3 is 14.5 Å². The van der Waals surface area contributed by atoms with Crippen LogP contribution in [0.1, 0.15) is 0 Å². The monoisotopic (exact) mass is 405 g/mol. The molecular formula is C22H16ClN3O3. The summed E-state index contributed by atoms with van der Waals surface area (Å²) in [6, 6.07) is 23.5. The van der Waals surface area contributed by atoms with Crippen LogP contribution in [0.15, 0.2) is 83.3 Å². The van der Waals surface area contributed by atoms with Crippen molar-refractivity contribution in [3.8, 4) is 28.7 Å². The fraction of sp³-hybridized carbons (Fsp3) is 0.0455. The summed E-state index contributed by atoms with van der Waals surface area (Å²) in [5.74, 6) is 1.09. The zero-order valence-corrected chi connectivity index (χ0v) is 16.0. The minimum atomic E-state index is -0.285. The van der Waals surface area contributed by atoms with Crippen LogP contribution in [0.4, 0.5) is 5.69 Å². The van der Waals surface area contributed by atoms with Gasteiger partial charge >= 0.3 is 0 Å². The Kier molecular flexibility index (Phi) is 5.54. The number of hydrogen-bond acceptors (Lipinski definition) is 5. The molecule has 1 aromatic heterocycles. The molecule has 144 valence electrons.